The number of H-pyrrole nitrogens is 1. The van der Waals surface area contributed by atoms with Gasteiger partial charge in [0.25, 0.3) is 0 Å². The molecule has 4 heterocycles. The summed E-state index contributed by atoms with van der Waals surface area (Å²) in [4.78, 5) is 38.3. The fourth-order valence-electron chi connectivity index (χ4n) is 3.57. The Kier molecular flexibility index (Phi) is 5.12. The number of carbonyl (C=O) groups is 1. The number of benzene rings is 1. The first-order valence-electron chi connectivity index (χ1n) is 10.3. The van der Waals surface area contributed by atoms with E-state index in [1.54, 1.807) is 12.5 Å². The molecule has 0 unspecified atom stereocenters. The first-order valence-corrected chi connectivity index (χ1v) is 10.3. The van der Waals surface area contributed by atoms with Gasteiger partial charge in [-0.05, 0) is 49.6 Å². The molecule has 32 heavy (non-hydrogen) atoms. The molecule has 0 saturated carbocycles. The van der Waals surface area contributed by atoms with Gasteiger partial charge in [0.2, 0.25) is 0 Å². The highest BCUT2D eigenvalue weighted by Crippen LogP contribution is 2.33. The van der Waals surface area contributed by atoms with E-state index < -0.39 is 0 Å². The number of pyridine rings is 1. The number of aromatic amines is 1. The van der Waals surface area contributed by atoms with Crippen molar-refractivity contribution in [3.05, 3.63) is 54.2 Å². The molecule has 0 aliphatic carbocycles. The Morgan fingerprint density at radius 3 is 2.91 bits per heavy atom. The monoisotopic (exact) mass is 430 g/mol. The minimum absolute atomic E-state index is 0.283. The number of fused-ring (bicyclic) bond motifs is 1. The van der Waals surface area contributed by atoms with Gasteiger partial charge in [-0.1, -0.05) is 6.07 Å². The molecule has 1 saturated heterocycles. The molecule has 0 spiro atoms. The number of rotatable bonds is 4. The van der Waals surface area contributed by atoms with Gasteiger partial charge in [0.15, 0.2) is 5.65 Å². The van der Waals surface area contributed by atoms with Gasteiger partial charge in [0.1, 0.15) is 23.4 Å². The average Bonchev–Trinajstić information content (AvgIpc) is 3.49. The number of carbonyl (C=O) groups excluding carboxylic acids is 1. The van der Waals surface area contributed by atoms with Gasteiger partial charge in [-0.25, -0.2) is 29.8 Å². The van der Waals surface area contributed by atoms with Gasteiger partial charge in [-0.2, -0.15) is 0 Å². The predicted molar refractivity (Wildman–Crippen MR) is 120 cm³/mol. The molecule has 1 aliphatic rings. The van der Waals surface area contributed by atoms with Crippen LogP contribution in [0, 0.1) is 13.8 Å². The molecule has 0 radical (unpaired) electrons. The number of aromatic nitrogens is 5. The van der Waals surface area contributed by atoms with Crippen LogP contribution in [0.15, 0.2) is 43.1 Å². The Hall–Kier alpha value is -4.05. The van der Waals surface area contributed by atoms with Crippen molar-refractivity contribution in [2.75, 3.05) is 23.8 Å². The Morgan fingerprint density at radius 1 is 1.16 bits per heavy atom. The number of imidazole rings is 1. The number of urea groups is 1. The average molecular weight is 430 g/mol. The van der Waals surface area contributed by atoms with E-state index in [1.165, 1.54) is 11.4 Å². The summed E-state index contributed by atoms with van der Waals surface area (Å²) in [6, 6.07) is 7.41. The maximum atomic E-state index is 12.4. The molecule has 3 N–H and O–H groups in total. The van der Waals surface area contributed by atoms with E-state index in [0.717, 1.165) is 34.3 Å². The molecule has 5 rings (SSSR count). The highest BCUT2D eigenvalue weighted by Gasteiger charge is 2.20. The molecule has 0 bridgehead atoms. The van der Waals surface area contributed by atoms with Crippen molar-refractivity contribution in [2.45, 2.75) is 20.3 Å². The highest BCUT2D eigenvalue weighted by atomic mass is 16.7. The van der Waals surface area contributed by atoms with Crippen LogP contribution in [0.1, 0.15) is 17.5 Å². The Morgan fingerprint density at radius 2 is 2.06 bits per heavy atom. The molecular weight excluding hydrogens is 408 g/mol. The molecule has 1 aromatic carbocycles. The van der Waals surface area contributed by atoms with Gasteiger partial charge >= 0.3 is 6.03 Å². The van der Waals surface area contributed by atoms with E-state index >= 15 is 0 Å². The number of hydrogen-bond donors (Lipinski definition) is 3. The number of hydrogen-bond acceptors (Lipinski definition) is 7. The zero-order valence-electron chi connectivity index (χ0n) is 17.7. The summed E-state index contributed by atoms with van der Waals surface area (Å²) in [5, 5.41) is 7.63. The highest BCUT2D eigenvalue weighted by molar-refractivity contribution is 5.92. The molecule has 0 atom stereocenters. The van der Waals surface area contributed by atoms with Gasteiger partial charge in [-0.15, -0.1) is 0 Å². The minimum atomic E-state index is -0.283. The van der Waals surface area contributed by atoms with E-state index in [0.29, 0.717) is 36.0 Å². The summed E-state index contributed by atoms with van der Waals surface area (Å²) in [6.07, 6.45) is 5.72. The van der Waals surface area contributed by atoms with Gasteiger partial charge < -0.3 is 15.6 Å². The van der Waals surface area contributed by atoms with Crippen molar-refractivity contribution >= 4 is 34.4 Å². The number of nitrogens with zero attached hydrogens (tertiary/aromatic N) is 5. The standard InChI is InChI=1S/C22H22N8O2/c1-13-8-16(18-19-21(26-11-24-18)27-12-25-19)20(23-10-13)29-17-9-15(5-4-14(17)2)28-22(31)30-6-3-7-32-30/h4-5,8-12H,3,6-7H2,1-2H3,(H,23,29)(H,28,31)(H,24,25,26,27). The lowest BCUT2D eigenvalue weighted by Crippen LogP contribution is -2.31. The fraction of sp³-hybridized carbons (Fsp3) is 0.227. The third-order valence-corrected chi connectivity index (χ3v) is 5.22. The van der Waals surface area contributed by atoms with Crippen molar-refractivity contribution < 1.29 is 9.63 Å². The maximum absolute atomic E-state index is 12.4. The Bertz CT molecular complexity index is 1300. The lowest BCUT2D eigenvalue weighted by Gasteiger charge is -2.17. The zero-order valence-corrected chi connectivity index (χ0v) is 17.7. The minimum Gasteiger partial charge on any atom is -0.341 e. The SMILES string of the molecule is Cc1cnc(Nc2cc(NC(=O)N3CCCO3)ccc2C)c(-c2ncnc3nc[nH]c23)c1. The fourth-order valence-corrected chi connectivity index (χ4v) is 3.57. The number of nitrogens with one attached hydrogen (secondary N) is 3. The summed E-state index contributed by atoms with van der Waals surface area (Å²) in [7, 11) is 0. The first kappa shape index (κ1) is 19.9. The van der Waals surface area contributed by atoms with Crippen LogP contribution in [0.2, 0.25) is 0 Å². The Balaban J connectivity index is 1.48. The van der Waals surface area contributed by atoms with E-state index in [4.69, 9.17) is 4.84 Å². The molecule has 10 heteroatoms. The van der Waals surface area contributed by atoms with Crippen LogP contribution in [-0.4, -0.2) is 49.2 Å². The molecule has 10 nitrogen and oxygen atoms in total. The topological polar surface area (TPSA) is 121 Å². The molecule has 1 fully saturated rings. The number of amides is 2. The zero-order chi connectivity index (χ0) is 22.1. The van der Waals surface area contributed by atoms with Crippen molar-refractivity contribution in [3.8, 4) is 11.3 Å². The smallest absolute Gasteiger partial charge is 0.341 e. The van der Waals surface area contributed by atoms with E-state index in [2.05, 4.69) is 35.6 Å². The molecular formula is C22H22N8O2. The largest absolute Gasteiger partial charge is 0.345 e. The van der Waals surface area contributed by atoms with Crippen molar-refractivity contribution in [1.29, 1.82) is 0 Å². The van der Waals surface area contributed by atoms with Crippen LogP contribution in [0.5, 0.6) is 0 Å². The second-order valence-electron chi connectivity index (χ2n) is 7.61. The number of anilines is 3. The lowest BCUT2D eigenvalue weighted by atomic mass is 10.1. The quantitative estimate of drug-likeness (QED) is 0.448. The molecule has 4 aromatic rings. The van der Waals surface area contributed by atoms with Crippen LogP contribution >= 0.6 is 0 Å². The van der Waals surface area contributed by atoms with E-state index in [9.17, 15) is 4.79 Å². The maximum Gasteiger partial charge on any atom is 0.345 e. The summed E-state index contributed by atoms with van der Waals surface area (Å²) in [6.45, 7) is 5.11. The molecule has 3 aromatic heterocycles. The molecule has 2 amide bonds. The van der Waals surface area contributed by atoms with Crippen molar-refractivity contribution in [2.24, 2.45) is 0 Å². The van der Waals surface area contributed by atoms with Crippen LogP contribution in [-0.2, 0) is 4.84 Å². The molecule has 162 valence electrons. The van der Waals surface area contributed by atoms with Crippen LogP contribution in [0.4, 0.5) is 22.0 Å². The summed E-state index contributed by atoms with van der Waals surface area (Å²) < 4.78 is 0. The van der Waals surface area contributed by atoms with Crippen molar-refractivity contribution in [3.63, 3.8) is 0 Å². The lowest BCUT2D eigenvalue weighted by molar-refractivity contribution is -0.0614. The van der Waals surface area contributed by atoms with Crippen molar-refractivity contribution in [1.82, 2.24) is 30.0 Å². The normalized spacial score (nSPS) is 13.5. The predicted octanol–water partition coefficient (Wildman–Crippen LogP) is 3.94. The van der Waals surface area contributed by atoms with Crippen LogP contribution in [0.3, 0.4) is 0 Å². The Labute approximate surface area is 184 Å². The van der Waals surface area contributed by atoms with Gasteiger partial charge in [-0.3, -0.25) is 4.84 Å². The summed E-state index contributed by atoms with van der Waals surface area (Å²) in [5.41, 5.74) is 6.34. The number of aryl methyl sites for hydroxylation is 2. The van der Waals surface area contributed by atoms with Crippen LogP contribution < -0.4 is 10.6 Å². The van der Waals surface area contributed by atoms with E-state index in [1.807, 2.05) is 38.1 Å². The second kappa shape index (κ2) is 8.23. The third-order valence-electron chi connectivity index (χ3n) is 5.22. The summed E-state index contributed by atoms with van der Waals surface area (Å²) >= 11 is 0. The van der Waals surface area contributed by atoms with Gasteiger partial charge in [0, 0.05) is 23.1 Å². The third kappa shape index (κ3) is 3.83. The first-order chi connectivity index (χ1) is 15.6. The number of hydroxylamine groups is 2. The second-order valence-corrected chi connectivity index (χ2v) is 7.61. The molecule has 1 aliphatic heterocycles. The van der Waals surface area contributed by atoms with Gasteiger partial charge in [0.05, 0.1) is 19.5 Å². The van der Waals surface area contributed by atoms with Crippen LogP contribution in [0.25, 0.3) is 22.4 Å². The summed E-state index contributed by atoms with van der Waals surface area (Å²) in [5.74, 6) is 0.639. The van der Waals surface area contributed by atoms with E-state index in [-0.39, 0.29) is 6.03 Å².